The summed E-state index contributed by atoms with van der Waals surface area (Å²) in [6, 6.07) is 1.00. The Hall–Kier alpha value is -1.99. The Morgan fingerprint density at radius 2 is 1.83 bits per heavy atom. The molecule has 2 rings (SSSR count). The van der Waals surface area contributed by atoms with E-state index in [4.69, 9.17) is 28.3 Å². The monoisotopic (exact) mass is 288 g/mol. The summed E-state index contributed by atoms with van der Waals surface area (Å²) in [5.41, 5.74) is -0.219. The molecule has 18 heavy (non-hydrogen) atoms. The number of carbonyl (C=O) groups is 1. The predicted octanol–water partition coefficient (Wildman–Crippen LogP) is 1.07. The number of rotatable bonds is 1. The van der Waals surface area contributed by atoms with E-state index in [-0.39, 0.29) is 27.3 Å². The van der Waals surface area contributed by atoms with Crippen LogP contribution in [-0.2, 0) is 0 Å². The Kier molecular flexibility index (Phi) is 5.22. The summed E-state index contributed by atoms with van der Waals surface area (Å²) >= 11 is 10.9. The van der Waals surface area contributed by atoms with Crippen molar-refractivity contribution in [3.8, 4) is 5.88 Å². The van der Waals surface area contributed by atoms with Crippen LogP contribution in [0, 0.1) is 0 Å². The number of hydrogen-bond acceptors (Lipinski definition) is 6. The minimum atomic E-state index is -0.350. The Bertz CT molecular complexity index is 582. The SMILES string of the molecule is O=Cc1c(Cl)ncnc1Cl.O=c1cc(O)nc[nH]1. The number of aromatic nitrogens is 4. The Morgan fingerprint density at radius 3 is 2.17 bits per heavy atom. The third-order valence-electron chi connectivity index (χ3n) is 1.57. The highest BCUT2D eigenvalue weighted by atomic mass is 35.5. The van der Waals surface area contributed by atoms with Crippen molar-refractivity contribution in [1.29, 1.82) is 0 Å². The number of carbonyl (C=O) groups excluding carboxylic acids is 1. The van der Waals surface area contributed by atoms with Crippen molar-refractivity contribution < 1.29 is 9.90 Å². The molecule has 9 heteroatoms. The Labute approximate surface area is 110 Å². The summed E-state index contributed by atoms with van der Waals surface area (Å²) in [7, 11) is 0. The minimum absolute atomic E-state index is 0.0787. The molecule has 0 saturated carbocycles. The zero-order chi connectivity index (χ0) is 13.5. The number of aldehydes is 1. The Morgan fingerprint density at radius 1 is 1.22 bits per heavy atom. The highest BCUT2D eigenvalue weighted by molar-refractivity contribution is 6.36. The van der Waals surface area contributed by atoms with Gasteiger partial charge in [-0.05, 0) is 0 Å². The lowest BCUT2D eigenvalue weighted by atomic mass is 10.4. The topological polar surface area (TPSA) is 109 Å². The molecule has 2 aromatic heterocycles. The molecule has 0 aliphatic carbocycles. The average molecular weight is 289 g/mol. The van der Waals surface area contributed by atoms with Crippen molar-refractivity contribution in [3.63, 3.8) is 0 Å². The molecule has 0 atom stereocenters. The van der Waals surface area contributed by atoms with Crippen LogP contribution in [0.2, 0.25) is 10.3 Å². The van der Waals surface area contributed by atoms with E-state index in [1.54, 1.807) is 0 Å². The van der Waals surface area contributed by atoms with Crippen molar-refractivity contribution in [1.82, 2.24) is 19.9 Å². The number of nitrogens with one attached hydrogen (secondary N) is 1. The maximum Gasteiger partial charge on any atom is 0.254 e. The quantitative estimate of drug-likeness (QED) is 0.600. The fourth-order valence-corrected chi connectivity index (χ4v) is 1.21. The van der Waals surface area contributed by atoms with Crippen LogP contribution in [-0.4, -0.2) is 31.3 Å². The first kappa shape index (κ1) is 14.1. The fourth-order valence-electron chi connectivity index (χ4n) is 0.810. The molecule has 7 nitrogen and oxygen atoms in total. The third kappa shape index (κ3) is 4.11. The maximum absolute atomic E-state index is 10.2. The van der Waals surface area contributed by atoms with Gasteiger partial charge in [-0.2, -0.15) is 0 Å². The number of H-pyrrole nitrogens is 1. The first-order valence-corrected chi connectivity index (χ1v) is 5.15. The average Bonchev–Trinajstić information content (AvgIpc) is 2.29. The van der Waals surface area contributed by atoms with E-state index in [1.807, 2.05) is 0 Å². The van der Waals surface area contributed by atoms with Gasteiger partial charge in [-0.3, -0.25) is 9.59 Å². The summed E-state index contributed by atoms with van der Waals surface area (Å²) in [5, 5.41) is 8.64. The second-order valence-corrected chi connectivity index (χ2v) is 3.47. The van der Waals surface area contributed by atoms with Gasteiger partial charge in [0.2, 0.25) is 5.88 Å². The molecule has 0 aliphatic heterocycles. The molecule has 0 amide bonds. The molecule has 2 heterocycles. The van der Waals surface area contributed by atoms with Crippen molar-refractivity contribution in [3.05, 3.63) is 44.9 Å². The molecule has 0 aromatic carbocycles. The molecule has 94 valence electrons. The molecule has 2 N–H and O–H groups in total. The summed E-state index contributed by atoms with van der Waals surface area (Å²) in [5.74, 6) is -0.256. The molecule has 0 spiro atoms. The fraction of sp³-hybridized carbons (Fsp3) is 0. The van der Waals surface area contributed by atoms with Crippen LogP contribution in [0.3, 0.4) is 0 Å². The second kappa shape index (κ2) is 6.67. The van der Waals surface area contributed by atoms with E-state index < -0.39 is 0 Å². The normalized spacial score (nSPS) is 9.22. The lowest BCUT2D eigenvalue weighted by Gasteiger charge is -1.93. The van der Waals surface area contributed by atoms with Gasteiger partial charge in [0.1, 0.15) is 16.6 Å². The first-order valence-electron chi connectivity index (χ1n) is 4.39. The molecular formula is C9H6Cl2N4O3. The van der Waals surface area contributed by atoms with Crippen LogP contribution in [0.25, 0.3) is 0 Å². The van der Waals surface area contributed by atoms with E-state index in [2.05, 4.69) is 19.9 Å². The number of aromatic hydroxyl groups is 1. The molecule has 0 fully saturated rings. The van der Waals surface area contributed by atoms with Crippen LogP contribution in [0.15, 0.2) is 23.5 Å². The van der Waals surface area contributed by atoms with Gasteiger partial charge in [0, 0.05) is 0 Å². The van der Waals surface area contributed by atoms with E-state index in [0.717, 1.165) is 12.4 Å². The van der Waals surface area contributed by atoms with Crippen LogP contribution in [0.1, 0.15) is 10.4 Å². The standard InChI is InChI=1S/C5H2Cl2N2O.C4H4N2O2/c6-4-3(1-10)5(7)9-2-8-4;7-3-1-4(8)6-2-5-3/h1-2H;1-2H,(H2,5,6,7,8). The highest BCUT2D eigenvalue weighted by Gasteiger charge is 2.04. The van der Waals surface area contributed by atoms with Gasteiger partial charge in [0.15, 0.2) is 6.29 Å². The maximum atomic E-state index is 10.2. The molecule has 2 aromatic rings. The van der Waals surface area contributed by atoms with Crippen LogP contribution < -0.4 is 5.56 Å². The second-order valence-electron chi connectivity index (χ2n) is 2.76. The van der Waals surface area contributed by atoms with Gasteiger partial charge in [-0.1, -0.05) is 23.2 Å². The van der Waals surface area contributed by atoms with Gasteiger partial charge in [0.05, 0.1) is 18.0 Å². The number of aromatic amines is 1. The van der Waals surface area contributed by atoms with Gasteiger partial charge >= 0.3 is 0 Å². The van der Waals surface area contributed by atoms with Crippen molar-refractivity contribution >= 4 is 29.5 Å². The van der Waals surface area contributed by atoms with E-state index in [1.165, 1.54) is 6.33 Å². The van der Waals surface area contributed by atoms with Gasteiger partial charge in [-0.15, -0.1) is 0 Å². The molecule has 0 aliphatic rings. The Balaban J connectivity index is 0.000000184. The third-order valence-corrected chi connectivity index (χ3v) is 2.17. The van der Waals surface area contributed by atoms with E-state index in [9.17, 15) is 9.59 Å². The minimum Gasteiger partial charge on any atom is -0.493 e. The number of hydrogen-bond donors (Lipinski definition) is 2. The van der Waals surface area contributed by atoms with Crippen LogP contribution in [0.5, 0.6) is 5.88 Å². The molecule has 0 bridgehead atoms. The van der Waals surface area contributed by atoms with E-state index in [0.29, 0.717) is 6.29 Å². The lowest BCUT2D eigenvalue weighted by Crippen LogP contribution is -2.01. The summed E-state index contributed by atoms with van der Waals surface area (Å²) < 4.78 is 0. The van der Waals surface area contributed by atoms with Gasteiger partial charge < -0.3 is 10.1 Å². The first-order chi connectivity index (χ1) is 8.54. The smallest absolute Gasteiger partial charge is 0.254 e. The number of halogens is 2. The summed E-state index contributed by atoms with van der Waals surface area (Å²) in [4.78, 5) is 33.1. The summed E-state index contributed by atoms with van der Waals surface area (Å²) in [6.45, 7) is 0. The molecule has 0 saturated heterocycles. The van der Waals surface area contributed by atoms with Gasteiger partial charge in [-0.25, -0.2) is 15.0 Å². The molecule has 0 unspecified atom stereocenters. The predicted molar refractivity (Wildman–Crippen MR) is 64.0 cm³/mol. The zero-order valence-corrected chi connectivity index (χ0v) is 10.2. The largest absolute Gasteiger partial charge is 0.493 e. The van der Waals surface area contributed by atoms with Gasteiger partial charge in [0.25, 0.3) is 5.56 Å². The van der Waals surface area contributed by atoms with Crippen LogP contribution >= 0.6 is 23.2 Å². The zero-order valence-electron chi connectivity index (χ0n) is 8.67. The van der Waals surface area contributed by atoms with Crippen molar-refractivity contribution in [2.75, 3.05) is 0 Å². The van der Waals surface area contributed by atoms with Crippen molar-refractivity contribution in [2.45, 2.75) is 0 Å². The summed E-state index contributed by atoms with van der Waals surface area (Å²) in [6.07, 6.45) is 2.85. The lowest BCUT2D eigenvalue weighted by molar-refractivity contribution is 0.112. The van der Waals surface area contributed by atoms with E-state index >= 15 is 0 Å². The molecular weight excluding hydrogens is 283 g/mol. The molecule has 0 radical (unpaired) electrons. The highest BCUT2D eigenvalue weighted by Crippen LogP contribution is 2.16. The number of nitrogens with zero attached hydrogens (tertiary/aromatic N) is 3. The van der Waals surface area contributed by atoms with Crippen molar-refractivity contribution in [2.24, 2.45) is 0 Å². The van der Waals surface area contributed by atoms with Crippen LogP contribution in [0.4, 0.5) is 0 Å².